The van der Waals surface area contributed by atoms with Crippen molar-refractivity contribution in [2.45, 2.75) is 57.2 Å². The van der Waals surface area contributed by atoms with E-state index in [1.807, 2.05) is 0 Å². The average molecular weight is 379 g/mol. The lowest BCUT2D eigenvalue weighted by Gasteiger charge is -2.55. The predicted molar refractivity (Wildman–Crippen MR) is 89.8 cm³/mol. The Kier molecular flexibility index (Phi) is 3.08. The number of rotatable bonds is 3. The lowest BCUT2D eigenvalue weighted by molar-refractivity contribution is -0.186. The summed E-state index contributed by atoms with van der Waals surface area (Å²) < 4.78 is 11.6. The Morgan fingerprint density at radius 1 is 1.00 bits per heavy atom. The molecule has 6 atom stereocenters. The summed E-state index contributed by atoms with van der Waals surface area (Å²) >= 11 is 5.81. The molecule has 0 spiro atoms. The van der Waals surface area contributed by atoms with Gasteiger partial charge in [0.05, 0.1) is 17.3 Å². The number of carbonyl (C=O) groups is 3. The highest BCUT2D eigenvalue weighted by Crippen LogP contribution is 2.62. The topological polar surface area (TPSA) is 69.7 Å². The van der Waals surface area contributed by atoms with Gasteiger partial charge in [0, 0.05) is 11.8 Å². The van der Waals surface area contributed by atoms with E-state index in [0.717, 1.165) is 19.3 Å². The second kappa shape index (κ2) is 5.03. The van der Waals surface area contributed by atoms with Crippen LogP contribution in [0.3, 0.4) is 0 Å². The van der Waals surface area contributed by atoms with Crippen LogP contribution >= 0.6 is 11.6 Å². The molecule has 140 valence electrons. The Hall–Kier alpha value is -1.10. The molecule has 6 aliphatic carbocycles. The van der Waals surface area contributed by atoms with Crippen LogP contribution in [0.15, 0.2) is 0 Å². The molecule has 0 aromatic heterocycles. The predicted octanol–water partition coefficient (Wildman–Crippen LogP) is 2.69. The maximum atomic E-state index is 13.3. The molecule has 7 fully saturated rings. The highest BCUT2D eigenvalue weighted by Gasteiger charge is 2.70. The molecule has 1 aliphatic heterocycles. The Morgan fingerprint density at radius 2 is 1.62 bits per heavy atom. The van der Waals surface area contributed by atoms with Crippen molar-refractivity contribution in [3.8, 4) is 0 Å². The van der Waals surface area contributed by atoms with Crippen molar-refractivity contribution in [1.29, 1.82) is 0 Å². The minimum absolute atomic E-state index is 0.0191. The summed E-state index contributed by atoms with van der Waals surface area (Å²) in [6.45, 7) is 0. The Balaban J connectivity index is 1.27. The first-order valence-corrected chi connectivity index (χ1v) is 10.4. The number of carbonyl (C=O) groups excluding carboxylic acids is 3. The van der Waals surface area contributed by atoms with Crippen LogP contribution in [-0.4, -0.2) is 29.4 Å². The van der Waals surface area contributed by atoms with Crippen LogP contribution < -0.4 is 0 Å². The van der Waals surface area contributed by atoms with E-state index in [9.17, 15) is 14.4 Å². The molecule has 6 bridgehead atoms. The molecule has 0 radical (unpaired) electrons. The molecule has 1 saturated heterocycles. The molecule has 1 heterocycles. The Bertz CT molecular complexity index is 682. The first-order chi connectivity index (χ1) is 12.4. The molecule has 26 heavy (non-hydrogen) atoms. The third kappa shape index (κ3) is 1.91. The van der Waals surface area contributed by atoms with Crippen LogP contribution in [0.5, 0.6) is 0 Å². The summed E-state index contributed by atoms with van der Waals surface area (Å²) in [5.41, 5.74) is -0.334. The third-order valence-corrected chi connectivity index (χ3v) is 8.77. The van der Waals surface area contributed by atoms with Crippen molar-refractivity contribution in [2.75, 3.05) is 0 Å². The minimum Gasteiger partial charge on any atom is -0.458 e. The SMILES string of the molecule is O=C(Cl)C1C2CC3C(OC(=O)C31)C2OC(=O)C12CC3CC(CC(C3)C1)C2. The fourth-order valence-corrected chi connectivity index (χ4v) is 8.36. The summed E-state index contributed by atoms with van der Waals surface area (Å²) in [6, 6.07) is 0. The van der Waals surface area contributed by atoms with Crippen LogP contribution in [0.4, 0.5) is 0 Å². The molecular weight excluding hydrogens is 356 g/mol. The zero-order valence-electron chi connectivity index (χ0n) is 14.6. The molecule has 0 N–H and O–H groups in total. The Labute approximate surface area is 157 Å². The smallest absolute Gasteiger partial charge is 0.312 e. The maximum absolute atomic E-state index is 13.3. The van der Waals surface area contributed by atoms with Gasteiger partial charge in [-0.05, 0) is 74.3 Å². The van der Waals surface area contributed by atoms with Gasteiger partial charge < -0.3 is 9.47 Å². The van der Waals surface area contributed by atoms with E-state index in [1.165, 1.54) is 19.3 Å². The fraction of sp³-hybridized carbons (Fsp3) is 0.850. The average Bonchev–Trinajstić information content (AvgIpc) is 3.16. The molecule has 0 aromatic rings. The van der Waals surface area contributed by atoms with E-state index in [4.69, 9.17) is 21.1 Å². The second-order valence-electron chi connectivity index (χ2n) is 9.89. The van der Waals surface area contributed by atoms with E-state index in [0.29, 0.717) is 24.2 Å². The molecular formula is C20H23ClO5. The summed E-state index contributed by atoms with van der Waals surface area (Å²) in [4.78, 5) is 37.4. The number of fused-ring (bicyclic) bond motifs is 1. The van der Waals surface area contributed by atoms with Gasteiger partial charge in [-0.3, -0.25) is 14.4 Å². The highest BCUT2D eigenvalue weighted by atomic mass is 35.5. The zero-order valence-corrected chi connectivity index (χ0v) is 15.3. The molecule has 6 heteroatoms. The quantitative estimate of drug-likeness (QED) is 0.558. The molecule has 5 nitrogen and oxygen atoms in total. The zero-order chi connectivity index (χ0) is 17.8. The lowest BCUT2D eigenvalue weighted by Crippen LogP contribution is -2.52. The van der Waals surface area contributed by atoms with Gasteiger partial charge in [0.15, 0.2) is 0 Å². The van der Waals surface area contributed by atoms with Gasteiger partial charge >= 0.3 is 11.9 Å². The molecule has 6 unspecified atom stereocenters. The maximum Gasteiger partial charge on any atom is 0.312 e. The van der Waals surface area contributed by atoms with Crippen LogP contribution in [0, 0.1) is 46.8 Å². The van der Waals surface area contributed by atoms with Crippen molar-refractivity contribution < 1.29 is 23.9 Å². The van der Waals surface area contributed by atoms with Gasteiger partial charge in [-0.15, -0.1) is 0 Å². The number of ether oxygens (including phenoxy) is 2. The van der Waals surface area contributed by atoms with Gasteiger partial charge in [-0.2, -0.15) is 0 Å². The van der Waals surface area contributed by atoms with Crippen LogP contribution in [0.2, 0.25) is 0 Å². The van der Waals surface area contributed by atoms with Crippen LogP contribution in [0.25, 0.3) is 0 Å². The first-order valence-electron chi connectivity index (χ1n) is 10.1. The Morgan fingerprint density at radius 3 is 2.19 bits per heavy atom. The van der Waals surface area contributed by atoms with E-state index in [2.05, 4.69) is 0 Å². The van der Waals surface area contributed by atoms with Gasteiger partial charge in [0.2, 0.25) is 5.24 Å². The summed E-state index contributed by atoms with van der Waals surface area (Å²) in [5, 5.41) is -0.490. The lowest BCUT2D eigenvalue weighted by atomic mass is 9.49. The summed E-state index contributed by atoms with van der Waals surface area (Å²) in [6.07, 6.45) is 6.49. The minimum atomic E-state index is -0.554. The molecule has 7 aliphatic rings. The summed E-state index contributed by atoms with van der Waals surface area (Å²) in [5.74, 6) is 0.397. The molecule has 7 rings (SSSR count). The number of hydrogen-bond donors (Lipinski definition) is 0. The van der Waals surface area contributed by atoms with Crippen molar-refractivity contribution in [2.24, 2.45) is 46.8 Å². The largest absolute Gasteiger partial charge is 0.458 e. The standard InChI is InChI=1S/C20H23ClO5/c21-17(22)13-11-4-12-14(13)18(23)25-15(12)16(11)26-19(24)20-5-8-1-9(6-20)3-10(2-8)7-20/h8-16H,1-7H2. The normalized spacial score (nSPS) is 55.3. The van der Waals surface area contributed by atoms with Gasteiger partial charge in [-0.25, -0.2) is 0 Å². The molecule has 0 aromatic carbocycles. The van der Waals surface area contributed by atoms with E-state index >= 15 is 0 Å². The number of esters is 2. The number of halogens is 1. The first kappa shape index (κ1) is 15.9. The van der Waals surface area contributed by atoms with Crippen molar-refractivity contribution in [1.82, 2.24) is 0 Å². The highest BCUT2D eigenvalue weighted by molar-refractivity contribution is 6.64. The van der Waals surface area contributed by atoms with Gasteiger partial charge in [0.1, 0.15) is 12.2 Å². The van der Waals surface area contributed by atoms with Gasteiger partial charge in [-0.1, -0.05) is 0 Å². The van der Waals surface area contributed by atoms with E-state index in [-0.39, 0.29) is 35.3 Å². The van der Waals surface area contributed by atoms with Crippen molar-refractivity contribution in [3.63, 3.8) is 0 Å². The molecule has 6 saturated carbocycles. The van der Waals surface area contributed by atoms with Crippen LogP contribution in [-0.2, 0) is 23.9 Å². The van der Waals surface area contributed by atoms with Crippen molar-refractivity contribution in [3.05, 3.63) is 0 Å². The van der Waals surface area contributed by atoms with Crippen molar-refractivity contribution >= 4 is 28.8 Å². The monoisotopic (exact) mass is 378 g/mol. The fourth-order valence-electron chi connectivity index (χ4n) is 8.07. The van der Waals surface area contributed by atoms with Gasteiger partial charge in [0.25, 0.3) is 0 Å². The third-order valence-electron chi connectivity index (χ3n) is 8.52. The second-order valence-corrected chi connectivity index (χ2v) is 10.3. The number of hydrogen-bond acceptors (Lipinski definition) is 5. The molecule has 0 amide bonds. The van der Waals surface area contributed by atoms with E-state index in [1.54, 1.807) is 0 Å². The summed E-state index contributed by atoms with van der Waals surface area (Å²) in [7, 11) is 0. The van der Waals surface area contributed by atoms with E-state index < -0.39 is 23.2 Å². The van der Waals surface area contributed by atoms with Crippen LogP contribution in [0.1, 0.15) is 44.9 Å².